The summed E-state index contributed by atoms with van der Waals surface area (Å²) in [6.45, 7) is 1.99. The molecule has 5 heteroatoms. The summed E-state index contributed by atoms with van der Waals surface area (Å²) in [4.78, 5) is 23.7. The Kier molecular flexibility index (Phi) is 3.41. The highest BCUT2D eigenvalue weighted by Gasteiger charge is 2.51. The molecule has 0 heterocycles. The Hall–Kier alpha value is -2.30. The van der Waals surface area contributed by atoms with E-state index < -0.39 is 17.8 Å². The molecule has 2 aliphatic carbocycles. The maximum absolute atomic E-state index is 12.3. The summed E-state index contributed by atoms with van der Waals surface area (Å²) in [5, 5.41) is 9.34. The molecule has 0 radical (unpaired) electrons. The smallest absolute Gasteiger partial charge is 0.307 e. The second-order valence-electron chi connectivity index (χ2n) is 5.82. The zero-order valence-electron chi connectivity index (χ0n) is 11.7. The van der Waals surface area contributed by atoms with Crippen LogP contribution in [0, 0.1) is 30.6 Å². The van der Waals surface area contributed by atoms with Crippen LogP contribution in [-0.4, -0.2) is 17.0 Å². The minimum atomic E-state index is -0.887. The van der Waals surface area contributed by atoms with Crippen LogP contribution >= 0.6 is 0 Å². The Balaban J connectivity index is 1.66. The van der Waals surface area contributed by atoms with Gasteiger partial charge in [-0.15, -0.1) is 0 Å². The van der Waals surface area contributed by atoms with E-state index in [-0.39, 0.29) is 17.7 Å². The molecule has 4 atom stereocenters. The van der Waals surface area contributed by atoms with E-state index in [2.05, 4.69) is 10.9 Å². The predicted octanol–water partition coefficient (Wildman–Crippen LogP) is 1.96. The van der Waals surface area contributed by atoms with Gasteiger partial charge in [0.25, 0.3) is 0 Å². The Labute approximate surface area is 123 Å². The molecule has 0 aromatic heterocycles. The van der Waals surface area contributed by atoms with Crippen LogP contribution in [-0.2, 0) is 9.59 Å². The first-order valence-electron chi connectivity index (χ1n) is 7.10. The first-order valence-corrected chi connectivity index (χ1v) is 7.10. The molecule has 0 saturated heterocycles. The van der Waals surface area contributed by atoms with Gasteiger partial charge < -0.3 is 5.11 Å². The number of amides is 1. The van der Waals surface area contributed by atoms with E-state index in [1.54, 1.807) is 0 Å². The molecule has 3 rings (SSSR count). The number of fused-ring (bicyclic) bond motifs is 2. The van der Waals surface area contributed by atoms with Crippen LogP contribution < -0.4 is 10.9 Å². The van der Waals surface area contributed by atoms with Crippen molar-refractivity contribution in [1.29, 1.82) is 0 Å². The van der Waals surface area contributed by atoms with Gasteiger partial charge in [0.2, 0.25) is 5.91 Å². The highest BCUT2D eigenvalue weighted by molar-refractivity contribution is 5.87. The summed E-state index contributed by atoms with van der Waals surface area (Å²) in [5.74, 6) is -2.21. The lowest BCUT2D eigenvalue weighted by Gasteiger charge is -2.24. The number of nitrogens with one attached hydrogen (secondary N) is 2. The maximum Gasteiger partial charge on any atom is 0.307 e. The van der Waals surface area contributed by atoms with Crippen LogP contribution in [0.4, 0.5) is 5.69 Å². The molecule has 21 heavy (non-hydrogen) atoms. The molecule has 2 bridgehead atoms. The van der Waals surface area contributed by atoms with Crippen LogP contribution in [0.5, 0.6) is 0 Å². The lowest BCUT2D eigenvalue weighted by atomic mass is 9.82. The fourth-order valence-electron chi connectivity index (χ4n) is 3.37. The quantitative estimate of drug-likeness (QED) is 0.584. The molecule has 1 saturated carbocycles. The number of rotatable bonds is 4. The Bertz CT molecular complexity index is 594. The van der Waals surface area contributed by atoms with Gasteiger partial charge in [-0.2, -0.15) is 0 Å². The van der Waals surface area contributed by atoms with E-state index in [1.807, 2.05) is 43.3 Å². The Morgan fingerprint density at radius 2 is 1.71 bits per heavy atom. The van der Waals surface area contributed by atoms with Crippen LogP contribution in [0.25, 0.3) is 0 Å². The molecular weight excluding hydrogens is 268 g/mol. The Morgan fingerprint density at radius 1 is 1.10 bits per heavy atom. The fourth-order valence-corrected chi connectivity index (χ4v) is 3.37. The average molecular weight is 286 g/mol. The van der Waals surface area contributed by atoms with E-state index in [9.17, 15) is 14.7 Å². The van der Waals surface area contributed by atoms with Crippen molar-refractivity contribution < 1.29 is 14.7 Å². The second kappa shape index (κ2) is 5.24. The van der Waals surface area contributed by atoms with Gasteiger partial charge in [-0.3, -0.25) is 20.4 Å². The number of carboxylic acid groups (broad SMARTS) is 1. The number of carboxylic acids is 1. The number of hydrogen-bond donors (Lipinski definition) is 3. The summed E-state index contributed by atoms with van der Waals surface area (Å²) in [6, 6.07) is 7.61. The number of anilines is 1. The third-order valence-electron chi connectivity index (χ3n) is 4.43. The van der Waals surface area contributed by atoms with Crippen molar-refractivity contribution in [2.75, 3.05) is 5.43 Å². The molecule has 0 aliphatic heterocycles. The topological polar surface area (TPSA) is 78.4 Å². The fraction of sp³-hybridized carbons (Fsp3) is 0.375. The van der Waals surface area contributed by atoms with Crippen LogP contribution in [0.15, 0.2) is 36.4 Å². The average Bonchev–Trinajstić information content (AvgIpc) is 3.06. The first kappa shape index (κ1) is 13.7. The van der Waals surface area contributed by atoms with Crippen molar-refractivity contribution in [3.05, 3.63) is 42.0 Å². The number of hydrazine groups is 1. The van der Waals surface area contributed by atoms with Crippen molar-refractivity contribution in [3.63, 3.8) is 0 Å². The number of allylic oxidation sites excluding steroid dienone is 2. The highest BCUT2D eigenvalue weighted by Crippen LogP contribution is 2.48. The summed E-state index contributed by atoms with van der Waals surface area (Å²) in [7, 11) is 0. The molecule has 2 aliphatic rings. The standard InChI is InChI=1S/C16H18N2O3/c1-9-2-6-12(7-3-9)17-18-15(19)13-10-4-5-11(8-10)14(13)16(20)21/h2-7,10-11,13-14,17H,8H2,1H3,(H,18,19)(H,20,21). The first-order chi connectivity index (χ1) is 10.1. The van der Waals surface area contributed by atoms with Gasteiger partial charge >= 0.3 is 5.97 Å². The maximum atomic E-state index is 12.3. The van der Waals surface area contributed by atoms with Crippen molar-refractivity contribution in [1.82, 2.24) is 5.43 Å². The molecule has 110 valence electrons. The van der Waals surface area contributed by atoms with Crippen LogP contribution in [0.1, 0.15) is 12.0 Å². The van der Waals surface area contributed by atoms with Gasteiger partial charge in [0.05, 0.1) is 17.5 Å². The van der Waals surface area contributed by atoms with Crippen LogP contribution in [0.3, 0.4) is 0 Å². The van der Waals surface area contributed by atoms with Gasteiger partial charge in [0, 0.05) is 0 Å². The van der Waals surface area contributed by atoms with E-state index in [4.69, 9.17) is 0 Å². The molecule has 1 aromatic carbocycles. The SMILES string of the molecule is Cc1ccc(NNC(=O)C2C3C=CC(C3)C2C(=O)O)cc1. The van der Waals surface area contributed by atoms with Crippen molar-refractivity contribution in [3.8, 4) is 0 Å². The van der Waals surface area contributed by atoms with E-state index >= 15 is 0 Å². The third-order valence-corrected chi connectivity index (χ3v) is 4.43. The van der Waals surface area contributed by atoms with Gasteiger partial charge in [0.15, 0.2) is 0 Å². The Morgan fingerprint density at radius 3 is 2.33 bits per heavy atom. The normalized spacial score (nSPS) is 29.4. The number of carbonyl (C=O) groups excluding carboxylic acids is 1. The molecule has 4 unspecified atom stereocenters. The van der Waals surface area contributed by atoms with Gasteiger partial charge in [-0.05, 0) is 37.3 Å². The number of aryl methyl sites for hydroxylation is 1. The van der Waals surface area contributed by atoms with E-state index in [0.717, 1.165) is 17.7 Å². The zero-order valence-corrected chi connectivity index (χ0v) is 11.7. The summed E-state index contributed by atoms with van der Waals surface area (Å²) in [5.41, 5.74) is 7.41. The second-order valence-corrected chi connectivity index (χ2v) is 5.82. The molecule has 1 aromatic rings. The molecular formula is C16H18N2O3. The largest absolute Gasteiger partial charge is 0.481 e. The summed E-state index contributed by atoms with van der Waals surface area (Å²) in [6.07, 6.45) is 4.67. The van der Waals surface area contributed by atoms with Gasteiger partial charge in [-0.1, -0.05) is 29.8 Å². The lowest BCUT2D eigenvalue weighted by Crippen LogP contribution is -2.42. The monoisotopic (exact) mass is 286 g/mol. The molecule has 1 fully saturated rings. The minimum Gasteiger partial charge on any atom is -0.481 e. The third kappa shape index (κ3) is 2.51. The predicted molar refractivity (Wildman–Crippen MR) is 78.3 cm³/mol. The lowest BCUT2D eigenvalue weighted by molar-refractivity contribution is -0.147. The van der Waals surface area contributed by atoms with E-state index in [0.29, 0.717) is 0 Å². The molecule has 0 spiro atoms. The van der Waals surface area contributed by atoms with Crippen molar-refractivity contribution >= 4 is 17.6 Å². The summed E-state index contributed by atoms with van der Waals surface area (Å²) >= 11 is 0. The van der Waals surface area contributed by atoms with Crippen molar-refractivity contribution in [2.24, 2.45) is 23.7 Å². The molecule has 5 nitrogen and oxygen atoms in total. The van der Waals surface area contributed by atoms with Gasteiger partial charge in [0.1, 0.15) is 0 Å². The van der Waals surface area contributed by atoms with Gasteiger partial charge in [-0.25, -0.2) is 0 Å². The van der Waals surface area contributed by atoms with Crippen LogP contribution in [0.2, 0.25) is 0 Å². The minimum absolute atomic E-state index is 0.0115. The van der Waals surface area contributed by atoms with E-state index in [1.165, 1.54) is 0 Å². The summed E-state index contributed by atoms with van der Waals surface area (Å²) < 4.78 is 0. The molecule has 3 N–H and O–H groups in total. The number of benzene rings is 1. The number of aliphatic carboxylic acids is 1. The molecule has 1 amide bonds. The zero-order chi connectivity index (χ0) is 15.0. The number of hydrogen-bond acceptors (Lipinski definition) is 3. The highest BCUT2D eigenvalue weighted by atomic mass is 16.4. The van der Waals surface area contributed by atoms with Crippen molar-refractivity contribution in [2.45, 2.75) is 13.3 Å². The number of carbonyl (C=O) groups is 2.